The molecule has 0 aliphatic heterocycles. The zero-order chi connectivity index (χ0) is 13.4. The van der Waals surface area contributed by atoms with Crippen LogP contribution < -0.4 is 5.73 Å². The van der Waals surface area contributed by atoms with Crippen LogP contribution in [0.3, 0.4) is 0 Å². The second-order valence-electron chi connectivity index (χ2n) is 5.49. The molecule has 2 N–H and O–H groups in total. The van der Waals surface area contributed by atoms with E-state index in [0.29, 0.717) is 12.0 Å². The number of benzene rings is 1. The minimum absolute atomic E-state index is 0.410. The van der Waals surface area contributed by atoms with Gasteiger partial charge in [-0.25, -0.2) is 4.68 Å². The van der Waals surface area contributed by atoms with E-state index in [2.05, 4.69) is 22.4 Å². The van der Waals surface area contributed by atoms with Gasteiger partial charge in [0.05, 0.1) is 6.04 Å². The lowest BCUT2D eigenvalue weighted by Gasteiger charge is -2.17. The number of rotatable bonds is 2. The molecule has 2 unspecified atom stereocenters. The molecule has 3 rings (SSSR count). The highest BCUT2D eigenvalue weighted by Crippen LogP contribution is 2.36. The predicted octanol–water partition coefficient (Wildman–Crippen LogP) is 2.59. The van der Waals surface area contributed by atoms with E-state index in [0.717, 1.165) is 29.1 Å². The number of nitrogen functional groups attached to an aromatic ring is 1. The van der Waals surface area contributed by atoms with Crippen molar-refractivity contribution in [3.05, 3.63) is 23.8 Å². The Morgan fingerprint density at radius 2 is 2.16 bits per heavy atom. The number of nitrogens with two attached hydrogens (primary N) is 1. The summed E-state index contributed by atoms with van der Waals surface area (Å²) in [4.78, 5) is 0. The van der Waals surface area contributed by atoms with Gasteiger partial charge in [0.15, 0.2) is 5.82 Å². The summed E-state index contributed by atoms with van der Waals surface area (Å²) in [6, 6.07) is 6.42. The van der Waals surface area contributed by atoms with Gasteiger partial charge in [0.25, 0.3) is 0 Å². The normalized spacial score (nSPS) is 22.8. The van der Waals surface area contributed by atoms with E-state index >= 15 is 0 Å². The number of anilines is 1. The fourth-order valence-electron chi connectivity index (χ4n) is 2.88. The zero-order valence-electron chi connectivity index (χ0n) is 11.4. The van der Waals surface area contributed by atoms with Crippen LogP contribution in [-0.4, -0.2) is 20.2 Å². The van der Waals surface area contributed by atoms with Crippen LogP contribution in [-0.2, 0) is 0 Å². The summed E-state index contributed by atoms with van der Waals surface area (Å²) in [6.45, 7) is 4.27. The molecular formula is C14H19N5. The van der Waals surface area contributed by atoms with Crippen LogP contribution >= 0.6 is 0 Å². The summed E-state index contributed by atoms with van der Waals surface area (Å²) in [6.07, 6.45) is 3.65. The molecule has 0 saturated heterocycles. The molecule has 0 amide bonds. The molecule has 5 heteroatoms. The van der Waals surface area contributed by atoms with Crippen molar-refractivity contribution in [1.82, 2.24) is 20.2 Å². The van der Waals surface area contributed by atoms with E-state index in [-0.39, 0.29) is 0 Å². The fourth-order valence-corrected chi connectivity index (χ4v) is 2.88. The minimum atomic E-state index is 0.410. The van der Waals surface area contributed by atoms with Crippen molar-refractivity contribution < 1.29 is 0 Å². The van der Waals surface area contributed by atoms with Gasteiger partial charge in [-0.2, -0.15) is 0 Å². The fraction of sp³-hybridized carbons (Fsp3) is 0.500. The molecule has 2 atom stereocenters. The average Bonchev–Trinajstić information content (AvgIpc) is 3.00. The van der Waals surface area contributed by atoms with Gasteiger partial charge < -0.3 is 5.73 Å². The Labute approximate surface area is 112 Å². The molecule has 5 nitrogen and oxygen atoms in total. The lowest BCUT2D eigenvalue weighted by Crippen LogP contribution is -2.14. The highest BCUT2D eigenvalue weighted by molar-refractivity contribution is 5.63. The van der Waals surface area contributed by atoms with Crippen molar-refractivity contribution in [2.75, 3.05) is 5.73 Å². The molecule has 0 radical (unpaired) electrons. The molecule has 1 fully saturated rings. The van der Waals surface area contributed by atoms with Gasteiger partial charge >= 0.3 is 0 Å². The first-order valence-electron chi connectivity index (χ1n) is 6.81. The SMILES string of the molecule is Cc1ccc(-c2nnnn2C2CCCC2C)cc1N. The van der Waals surface area contributed by atoms with Crippen LogP contribution in [0.15, 0.2) is 18.2 Å². The summed E-state index contributed by atoms with van der Waals surface area (Å²) in [5.41, 5.74) is 8.84. The molecule has 1 heterocycles. The van der Waals surface area contributed by atoms with Gasteiger partial charge in [-0.05, 0) is 47.7 Å². The number of aromatic nitrogens is 4. The highest BCUT2D eigenvalue weighted by atomic mass is 15.6. The molecule has 1 aliphatic rings. The van der Waals surface area contributed by atoms with Crippen molar-refractivity contribution in [3.8, 4) is 11.4 Å². The Balaban J connectivity index is 2.01. The molecule has 1 aliphatic carbocycles. The molecule has 1 aromatic carbocycles. The third-order valence-electron chi connectivity index (χ3n) is 4.16. The van der Waals surface area contributed by atoms with Crippen LogP contribution in [0.25, 0.3) is 11.4 Å². The molecule has 0 spiro atoms. The maximum atomic E-state index is 5.98. The van der Waals surface area contributed by atoms with E-state index in [4.69, 9.17) is 5.73 Å². The van der Waals surface area contributed by atoms with Crippen LogP contribution in [0, 0.1) is 12.8 Å². The predicted molar refractivity (Wildman–Crippen MR) is 74.5 cm³/mol. The van der Waals surface area contributed by atoms with Gasteiger partial charge in [-0.1, -0.05) is 25.5 Å². The van der Waals surface area contributed by atoms with E-state index < -0.39 is 0 Å². The summed E-state index contributed by atoms with van der Waals surface area (Å²) in [5.74, 6) is 1.45. The van der Waals surface area contributed by atoms with Gasteiger partial charge in [-0.3, -0.25) is 0 Å². The monoisotopic (exact) mass is 257 g/mol. The zero-order valence-corrected chi connectivity index (χ0v) is 11.4. The van der Waals surface area contributed by atoms with E-state index in [1.54, 1.807) is 0 Å². The Morgan fingerprint density at radius 3 is 2.84 bits per heavy atom. The molecule has 100 valence electrons. The molecule has 0 bridgehead atoms. The van der Waals surface area contributed by atoms with Crippen molar-refractivity contribution in [2.45, 2.75) is 39.2 Å². The second kappa shape index (κ2) is 4.64. The van der Waals surface area contributed by atoms with Gasteiger partial charge in [0, 0.05) is 11.3 Å². The Bertz CT molecular complexity index is 589. The number of hydrogen-bond acceptors (Lipinski definition) is 4. The molecule has 1 saturated carbocycles. The number of tetrazole rings is 1. The lowest BCUT2D eigenvalue weighted by molar-refractivity contribution is 0.370. The third-order valence-corrected chi connectivity index (χ3v) is 4.16. The molecule has 1 aromatic heterocycles. The highest BCUT2D eigenvalue weighted by Gasteiger charge is 2.28. The molecule has 2 aromatic rings. The first-order valence-corrected chi connectivity index (χ1v) is 6.81. The standard InChI is InChI=1S/C14H19N5/c1-9-6-7-11(8-12(9)15)14-16-17-18-19(14)13-5-3-4-10(13)2/h6-8,10,13H,3-5,15H2,1-2H3. The van der Waals surface area contributed by atoms with Crippen molar-refractivity contribution in [3.63, 3.8) is 0 Å². The van der Waals surface area contributed by atoms with Crippen molar-refractivity contribution >= 4 is 5.69 Å². The molecular weight excluding hydrogens is 238 g/mol. The van der Waals surface area contributed by atoms with Crippen LogP contribution in [0.2, 0.25) is 0 Å². The quantitative estimate of drug-likeness (QED) is 0.839. The molecule has 19 heavy (non-hydrogen) atoms. The summed E-state index contributed by atoms with van der Waals surface area (Å²) < 4.78 is 1.97. The van der Waals surface area contributed by atoms with Gasteiger partial charge in [0.1, 0.15) is 0 Å². The smallest absolute Gasteiger partial charge is 0.182 e. The van der Waals surface area contributed by atoms with Crippen LogP contribution in [0.5, 0.6) is 0 Å². The maximum Gasteiger partial charge on any atom is 0.182 e. The lowest BCUT2D eigenvalue weighted by atomic mass is 10.1. The maximum absolute atomic E-state index is 5.98. The van der Waals surface area contributed by atoms with E-state index in [1.807, 2.05) is 29.8 Å². The second-order valence-corrected chi connectivity index (χ2v) is 5.49. The topological polar surface area (TPSA) is 69.6 Å². The Hall–Kier alpha value is -1.91. The first kappa shape index (κ1) is 12.1. The van der Waals surface area contributed by atoms with Gasteiger partial charge in [-0.15, -0.1) is 5.10 Å². The van der Waals surface area contributed by atoms with Crippen LogP contribution in [0.4, 0.5) is 5.69 Å². The number of nitrogens with zero attached hydrogens (tertiary/aromatic N) is 4. The largest absolute Gasteiger partial charge is 0.398 e. The van der Waals surface area contributed by atoms with Crippen molar-refractivity contribution in [1.29, 1.82) is 0 Å². The minimum Gasteiger partial charge on any atom is -0.398 e. The number of aryl methyl sites for hydroxylation is 1. The van der Waals surface area contributed by atoms with E-state index in [9.17, 15) is 0 Å². The Kier molecular flexibility index (Phi) is 2.97. The Morgan fingerprint density at radius 1 is 1.32 bits per heavy atom. The summed E-state index contributed by atoms with van der Waals surface area (Å²) >= 11 is 0. The number of hydrogen-bond donors (Lipinski definition) is 1. The van der Waals surface area contributed by atoms with Crippen LogP contribution in [0.1, 0.15) is 37.8 Å². The summed E-state index contributed by atoms with van der Waals surface area (Å²) in [7, 11) is 0. The van der Waals surface area contributed by atoms with E-state index in [1.165, 1.54) is 12.8 Å². The third kappa shape index (κ3) is 2.09. The summed E-state index contributed by atoms with van der Waals surface area (Å²) in [5, 5.41) is 12.2. The average molecular weight is 257 g/mol. The van der Waals surface area contributed by atoms with Crippen molar-refractivity contribution in [2.24, 2.45) is 5.92 Å². The van der Waals surface area contributed by atoms with Gasteiger partial charge in [0.2, 0.25) is 0 Å². The first-order chi connectivity index (χ1) is 9.16.